The van der Waals surface area contributed by atoms with Crippen molar-refractivity contribution < 1.29 is 19.1 Å². The van der Waals surface area contributed by atoms with E-state index in [1.54, 1.807) is 13.8 Å². The molecule has 0 spiro atoms. The van der Waals surface area contributed by atoms with E-state index in [9.17, 15) is 9.59 Å². The summed E-state index contributed by atoms with van der Waals surface area (Å²) < 4.78 is 14.5. The van der Waals surface area contributed by atoms with Crippen LogP contribution in [0.3, 0.4) is 0 Å². The average Bonchev–Trinajstić information content (AvgIpc) is 3.14. The fourth-order valence-corrected chi connectivity index (χ4v) is 5.94. The molecule has 2 aromatic carbocycles. The lowest BCUT2D eigenvalue weighted by atomic mass is 9.79. The standard InChI is InChI=1S/C28H30BrNO4/c1-17-8-7-9-18(14-17)24(25-26(31)33-28(2,3)34-27(25)32)22-16-30(20-10-5-4-6-11-20)23-13-12-19(29)15-21(22)23/h7-9,12-16,20,24-25H,4-6,10-11H2,1-3H3. The number of esters is 2. The molecule has 5 nitrogen and oxygen atoms in total. The number of ether oxygens (including phenoxy) is 2. The van der Waals surface area contributed by atoms with Crippen molar-refractivity contribution in [1.82, 2.24) is 4.57 Å². The van der Waals surface area contributed by atoms with Gasteiger partial charge in [-0.3, -0.25) is 9.59 Å². The maximum atomic E-state index is 13.3. The molecule has 0 radical (unpaired) electrons. The van der Waals surface area contributed by atoms with Crippen molar-refractivity contribution in [3.05, 3.63) is 69.8 Å². The molecule has 0 N–H and O–H groups in total. The molecule has 6 heteroatoms. The Labute approximate surface area is 208 Å². The van der Waals surface area contributed by atoms with Crippen molar-refractivity contribution in [3.63, 3.8) is 0 Å². The molecule has 1 atom stereocenters. The van der Waals surface area contributed by atoms with E-state index in [0.29, 0.717) is 6.04 Å². The van der Waals surface area contributed by atoms with Gasteiger partial charge in [-0.25, -0.2) is 0 Å². The first-order chi connectivity index (χ1) is 16.2. The van der Waals surface area contributed by atoms with Crippen LogP contribution in [0.25, 0.3) is 10.9 Å². The third kappa shape index (κ3) is 4.28. The fraction of sp³-hybridized carbons (Fsp3) is 0.429. The Bertz CT molecular complexity index is 1230. The largest absolute Gasteiger partial charge is 0.422 e. The third-order valence-corrected chi connectivity index (χ3v) is 7.56. The molecule has 1 aromatic heterocycles. The van der Waals surface area contributed by atoms with Gasteiger partial charge >= 0.3 is 11.9 Å². The summed E-state index contributed by atoms with van der Waals surface area (Å²) in [7, 11) is 0. The Kier molecular flexibility index (Phi) is 6.05. The summed E-state index contributed by atoms with van der Waals surface area (Å²) in [6.07, 6.45) is 8.14. The maximum Gasteiger partial charge on any atom is 0.324 e. The summed E-state index contributed by atoms with van der Waals surface area (Å²) in [6, 6.07) is 14.7. The molecule has 5 rings (SSSR count). The molecule has 1 unspecified atom stereocenters. The minimum Gasteiger partial charge on any atom is -0.422 e. The summed E-state index contributed by atoms with van der Waals surface area (Å²) in [5.41, 5.74) is 4.05. The number of aromatic nitrogens is 1. The molecule has 1 saturated heterocycles. The smallest absolute Gasteiger partial charge is 0.324 e. The second-order valence-corrected chi connectivity index (χ2v) is 11.0. The highest BCUT2D eigenvalue weighted by Gasteiger charge is 2.48. The number of nitrogens with zero attached hydrogens (tertiary/aromatic N) is 1. The average molecular weight is 524 g/mol. The number of hydrogen-bond donors (Lipinski definition) is 0. The van der Waals surface area contributed by atoms with E-state index < -0.39 is 29.6 Å². The van der Waals surface area contributed by atoms with Crippen LogP contribution >= 0.6 is 15.9 Å². The maximum absolute atomic E-state index is 13.3. The molecule has 0 bridgehead atoms. The molecule has 34 heavy (non-hydrogen) atoms. The summed E-state index contributed by atoms with van der Waals surface area (Å²) in [4.78, 5) is 26.5. The minimum atomic E-state index is -1.26. The van der Waals surface area contributed by atoms with Gasteiger partial charge in [0.2, 0.25) is 0 Å². The number of carbonyl (C=O) groups excluding carboxylic acids is 2. The molecule has 1 aliphatic heterocycles. The number of rotatable bonds is 4. The van der Waals surface area contributed by atoms with Crippen LogP contribution in [0.5, 0.6) is 0 Å². The normalized spacial score (nSPS) is 20.2. The van der Waals surface area contributed by atoms with Gasteiger partial charge in [-0.15, -0.1) is 0 Å². The van der Waals surface area contributed by atoms with Gasteiger partial charge in [-0.2, -0.15) is 0 Å². The third-order valence-electron chi connectivity index (χ3n) is 7.06. The number of halogens is 1. The summed E-state index contributed by atoms with van der Waals surface area (Å²) >= 11 is 3.63. The molecule has 178 valence electrons. The second kappa shape index (κ2) is 8.88. The highest BCUT2D eigenvalue weighted by Crippen LogP contribution is 2.44. The number of fused-ring (bicyclic) bond motifs is 1. The number of aryl methyl sites for hydroxylation is 1. The molecule has 0 amide bonds. The Morgan fingerprint density at radius 1 is 1.00 bits per heavy atom. The Hall–Kier alpha value is -2.60. The van der Waals surface area contributed by atoms with Gasteiger partial charge in [0.25, 0.3) is 5.79 Å². The number of hydrogen-bond acceptors (Lipinski definition) is 4. The quantitative estimate of drug-likeness (QED) is 0.278. The Morgan fingerprint density at radius 2 is 1.71 bits per heavy atom. The van der Waals surface area contributed by atoms with Crippen molar-refractivity contribution in [3.8, 4) is 0 Å². The lowest BCUT2D eigenvalue weighted by molar-refractivity contribution is -0.240. The van der Waals surface area contributed by atoms with Gasteiger partial charge < -0.3 is 14.0 Å². The van der Waals surface area contributed by atoms with Gasteiger partial charge in [-0.1, -0.05) is 65.0 Å². The molecule has 1 aliphatic carbocycles. The summed E-state index contributed by atoms with van der Waals surface area (Å²) in [6.45, 7) is 5.20. The van der Waals surface area contributed by atoms with Gasteiger partial charge in [0.1, 0.15) is 0 Å². The Balaban J connectivity index is 1.72. The predicted molar refractivity (Wildman–Crippen MR) is 135 cm³/mol. The summed E-state index contributed by atoms with van der Waals surface area (Å²) in [5, 5.41) is 1.04. The first kappa shape index (κ1) is 23.2. The van der Waals surface area contributed by atoms with Gasteiger partial charge in [0.05, 0.1) is 0 Å². The first-order valence-corrected chi connectivity index (χ1v) is 12.8. The molecule has 3 aromatic rings. The van der Waals surface area contributed by atoms with E-state index in [1.165, 1.54) is 19.3 Å². The number of cyclic esters (lactones) is 2. The van der Waals surface area contributed by atoms with Crippen molar-refractivity contribution >= 4 is 38.8 Å². The molecule has 1 saturated carbocycles. The Morgan fingerprint density at radius 3 is 2.38 bits per heavy atom. The van der Waals surface area contributed by atoms with Gasteiger partial charge in [0.15, 0.2) is 5.92 Å². The lowest BCUT2D eigenvalue weighted by Crippen LogP contribution is -2.48. The minimum absolute atomic E-state index is 0.411. The van der Waals surface area contributed by atoms with Crippen LogP contribution in [0.4, 0.5) is 0 Å². The number of carbonyl (C=O) groups is 2. The highest BCUT2D eigenvalue weighted by atomic mass is 79.9. The van der Waals surface area contributed by atoms with E-state index in [1.807, 2.05) is 31.2 Å². The van der Waals surface area contributed by atoms with Gasteiger partial charge in [0, 0.05) is 47.4 Å². The zero-order valence-electron chi connectivity index (χ0n) is 19.8. The SMILES string of the molecule is Cc1cccc(C(c2cn(C3CCCCC3)c3ccc(Br)cc23)C2C(=O)OC(C)(C)OC2=O)c1. The van der Waals surface area contributed by atoms with Crippen LogP contribution in [0.2, 0.25) is 0 Å². The molecular weight excluding hydrogens is 494 g/mol. The monoisotopic (exact) mass is 523 g/mol. The zero-order chi connectivity index (χ0) is 24.0. The van der Waals surface area contributed by atoms with E-state index in [2.05, 4.69) is 44.9 Å². The topological polar surface area (TPSA) is 57.5 Å². The van der Waals surface area contributed by atoms with Crippen molar-refractivity contribution in [1.29, 1.82) is 0 Å². The van der Waals surface area contributed by atoms with Crippen molar-refractivity contribution in [2.75, 3.05) is 0 Å². The van der Waals surface area contributed by atoms with E-state index >= 15 is 0 Å². The zero-order valence-corrected chi connectivity index (χ0v) is 21.4. The molecular formula is C28H30BrNO4. The molecule has 2 fully saturated rings. The van der Waals surface area contributed by atoms with Crippen LogP contribution in [-0.2, 0) is 19.1 Å². The van der Waals surface area contributed by atoms with E-state index in [4.69, 9.17) is 9.47 Å². The molecule has 2 aliphatic rings. The lowest BCUT2D eigenvalue weighted by Gasteiger charge is -2.36. The highest BCUT2D eigenvalue weighted by molar-refractivity contribution is 9.10. The van der Waals surface area contributed by atoms with Crippen molar-refractivity contribution in [2.45, 2.75) is 70.6 Å². The van der Waals surface area contributed by atoms with Gasteiger partial charge in [-0.05, 0) is 49.1 Å². The van der Waals surface area contributed by atoms with Crippen LogP contribution < -0.4 is 0 Å². The van der Waals surface area contributed by atoms with Crippen LogP contribution in [0, 0.1) is 12.8 Å². The van der Waals surface area contributed by atoms with Crippen molar-refractivity contribution in [2.24, 2.45) is 5.92 Å². The predicted octanol–water partition coefficient (Wildman–Crippen LogP) is 6.80. The van der Waals surface area contributed by atoms with E-state index in [-0.39, 0.29) is 0 Å². The second-order valence-electron chi connectivity index (χ2n) is 10.1. The molecule has 2 heterocycles. The van der Waals surface area contributed by atoms with E-state index in [0.717, 1.165) is 44.9 Å². The fourth-order valence-electron chi connectivity index (χ4n) is 5.58. The van der Waals surface area contributed by atoms with Crippen LogP contribution in [-0.4, -0.2) is 22.3 Å². The summed E-state index contributed by atoms with van der Waals surface area (Å²) in [5.74, 6) is -3.93. The first-order valence-electron chi connectivity index (χ1n) is 12.1. The van der Waals surface area contributed by atoms with Crippen LogP contribution in [0.15, 0.2) is 53.1 Å². The number of benzene rings is 2. The van der Waals surface area contributed by atoms with Crippen LogP contribution in [0.1, 0.15) is 74.6 Å².